The molecule has 0 atom stereocenters. The predicted molar refractivity (Wildman–Crippen MR) is 75.6 cm³/mol. The van der Waals surface area contributed by atoms with E-state index in [2.05, 4.69) is 28.3 Å². The maximum Gasteiger partial charge on any atom is 0.337 e. The van der Waals surface area contributed by atoms with Crippen LogP contribution in [-0.2, 0) is 11.3 Å². The molecule has 1 aliphatic rings. The van der Waals surface area contributed by atoms with Crippen molar-refractivity contribution in [1.29, 1.82) is 0 Å². The summed E-state index contributed by atoms with van der Waals surface area (Å²) in [4.78, 5) is 11.3. The quantitative estimate of drug-likeness (QED) is 0.841. The molecule has 0 aromatic heterocycles. The second kappa shape index (κ2) is 6.59. The van der Waals surface area contributed by atoms with E-state index in [1.807, 2.05) is 24.3 Å². The van der Waals surface area contributed by atoms with Crippen LogP contribution in [0.2, 0.25) is 0 Å². The van der Waals surface area contributed by atoms with Crippen molar-refractivity contribution >= 4 is 5.97 Å². The van der Waals surface area contributed by atoms with E-state index in [9.17, 15) is 4.79 Å². The first-order valence-electron chi connectivity index (χ1n) is 6.24. The maximum absolute atomic E-state index is 11.3. The average molecular weight is 255 g/mol. The second-order valence-corrected chi connectivity index (χ2v) is 4.23. The van der Waals surface area contributed by atoms with Gasteiger partial charge in [0.15, 0.2) is 0 Å². The van der Waals surface area contributed by atoms with Crippen molar-refractivity contribution in [1.82, 2.24) is 5.32 Å². The number of ether oxygens (including phenoxy) is 1. The molecule has 0 unspecified atom stereocenters. The summed E-state index contributed by atoms with van der Waals surface area (Å²) in [6, 6.07) is 7.41. The zero-order valence-corrected chi connectivity index (χ0v) is 10.9. The molecule has 98 valence electrons. The van der Waals surface area contributed by atoms with E-state index in [1.165, 1.54) is 7.11 Å². The van der Waals surface area contributed by atoms with Crippen LogP contribution in [0, 0.1) is 0 Å². The molecule has 3 nitrogen and oxygen atoms in total. The zero-order chi connectivity index (χ0) is 13.5. The van der Waals surface area contributed by atoms with Gasteiger partial charge in [-0.25, -0.2) is 4.79 Å². The number of carbonyl (C=O) groups is 1. The molecule has 0 bridgehead atoms. The predicted octanol–water partition coefficient (Wildman–Crippen LogP) is 2.96. The number of benzene rings is 1. The first-order chi connectivity index (χ1) is 9.29. The Morgan fingerprint density at radius 3 is 2.79 bits per heavy atom. The van der Waals surface area contributed by atoms with Gasteiger partial charge in [0, 0.05) is 12.2 Å². The van der Waals surface area contributed by atoms with Crippen molar-refractivity contribution in [3.8, 4) is 0 Å². The molecule has 1 aliphatic carbocycles. The lowest BCUT2D eigenvalue weighted by atomic mass is 10.1. The van der Waals surface area contributed by atoms with Crippen molar-refractivity contribution in [3.63, 3.8) is 0 Å². The van der Waals surface area contributed by atoms with Crippen molar-refractivity contribution in [3.05, 3.63) is 71.5 Å². The van der Waals surface area contributed by atoms with Crippen LogP contribution in [0.4, 0.5) is 0 Å². The highest BCUT2D eigenvalue weighted by Crippen LogP contribution is 2.07. The van der Waals surface area contributed by atoms with Gasteiger partial charge in [0.2, 0.25) is 0 Å². The van der Waals surface area contributed by atoms with Gasteiger partial charge in [0.25, 0.3) is 0 Å². The Hall–Kier alpha value is -2.29. The highest BCUT2D eigenvalue weighted by molar-refractivity contribution is 5.89. The van der Waals surface area contributed by atoms with Crippen LogP contribution in [0.25, 0.3) is 0 Å². The first-order valence-corrected chi connectivity index (χ1v) is 6.24. The fraction of sp³-hybridized carbons (Fsp3) is 0.188. The summed E-state index contributed by atoms with van der Waals surface area (Å²) in [5.41, 5.74) is 2.78. The van der Waals surface area contributed by atoms with Crippen LogP contribution in [0.5, 0.6) is 0 Å². The molecule has 1 N–H and O–H groups in total. The molecule has 1 aromatic rings. The molecular weight excluding hydrogens is 238 g/mol. The molecule has 3 heteroatoms. The summed E-state index contributed by atoms with van der Waals surface area (Å²) in [5.74, 6) is -0.306. The molecule has 1 aromatic carbocycles. The smallest absolute Gasteiger partial charge is 0.337 e. The number of hydrogen-bond acceptors (Lipinski definition) is 3. The van der Waals surface area contributed by atoms with Gasteiger partial charge in [-0.1, -0.05) is 30.4 Å². The first kappa shape index (κ1) is 13.1. The average Bonchev–Trinajstić information content (AvgIpc) is 2.73. The van der Waals surface area contributed by atoms with E-state index in [1.54, 1.807) is 12.1 Å². The van der Waals surface area contributed by atoms with E-state index in [-0.39, 0.29) is 5.97 Å². The molecule has 0 amide bonds. The number of methoxy groups -OCH3 is 1. The van der Waals surface area contributed by atoms with Gasteiger partial charge in [-0.2, -0.15) is 0 Å². The molecule has 0 aliphatic heterocycles. The minimum Gasteiger partial charge on any atom is -0.465 e. The third-order valence-corrected chi connectivity index (χ3v) is 2.85. The zero-order valence-electron chi connectivity index (χ0n) is 10.9. The van der Waals surface area contributed by atoms with E-state index in [4.69, 9.17) is 0 Å². The lowest BCUT2D eigenvalue weighted by Gasteiger charge is -2.07. The molecule has 0 saturated carbocycles. The van der Waals surface area contributed by atoms with Crippen LogP contribution in [0.3, 0.4) is 0 Å². The van der Waals surface area contributed by atoms with Gasteiger partial charge in [-0.3, -0.25) is 0 Å². The summed E-state index contributed by atoms with van der Waals surface area (Å²) >= 11 is 0. The fourth-order valence-electron chi connectivity index (χ4n) is 1.78. The summed E-state index contributed by atoms with van der Waals surface area (Å²) in [7, 11) is 1.39. The van der Waals surface area contributed by atoms with Crippen LogP contribution >= 0.6 is 0 Å². The van der Waals surface area contributed by atoms with Crippen LogP contribution in [0.15, 0.2) is 60.3 Å². The molecule has 19 heavy (non-hydrogen) atoms. The topological polar surface area (TPSA) is 38.3 Å². The largest absolute Gasteiger partial charge is 0.465 e. The third kappa shape index (κ3) is 3.85. The number of allylic oxidation sites excluding steroid dienone is 5. The second-order valence-electron chi connectivity index (χ2n) is 4.23. The van der Waals surface area contributed by atoms with Crippen LogP contribution < -0.4 is 5.32 Å². The summed E-state index contributed by atoms with van der Waals surface area (Å²) in [6.45, 7) is 0.728. The molecule has 0 heterocycles. The molecule has 0 fully saturated rings. The Morgan fingerprint density at radius 2 is 2.05 bits per heavy atom. The summed E-state index contributed by atoms with van der Waals surface area (Å²) < 4.78 is 4.66. The minimum absolute atomic E-state index is 0.306. The van der Waals surface area contributed by atoms with Crippen LogP contribution in [-0.4, -0.2) is 13.1 Å². The highest BCUT2D eigenvalue weighted by Gasteiger charge is 2.04. The van der Waals surface area contributed by atoms with E-state index < -0.39 is 0 Å². The Balaban J connectivity index is 1.95. The van der Waals surface area contributed by atoms with Gasteiger partial charge in [-0.15, -0.1) is 0 Å². The molecule has 0 saturated heterocycles. The Kier molecular flexibility index (Phi) is 4.56. The van der Waals surface area contributed by atoms with Gasteiger partial charge >= 0.3 is 5.97 Å². The van der Waals surface area contributed by atoms with Gasteiger partial charge in [-0.05, 0) is 36.3 Å². The van der Waals surface area contributed by atoms with Crippen molar-refractivity contribution in [2.24, 2.45) is 0 Å². The Bertz CT molecular complexity index is 524. The van der Waals surface area contributed by atoms with Crippen molar-refractivity contribution < 1.29 is 9.53 Å². The van der Waals surface area contributed by atoms with E-state index in [0.29, 0.717) is 5.56 Å². The molecular formula is C16H17NO2. The number of carbonyl (C=O) groups excluding carboxylic acids is 1. The number of hydrogen-bond donors (Lipinski definition) is 1. The normalized spacial score (nSPS) is 13.6. The third-order valence-electron chi connectivity index (χ3n) is 2.85. The van der Waals surface area contributed by atoms with Crippen molar-refractivity contribution in [2.75, 3.05) is 7.11 Å². The fourth-order valence-corrected chi connectivity index (χ4v) is 1.78. The molecule has 2 rings (SSSR count). The van der Waals surface area contributed by atoms with E-state index in [0.717, 1.165) is 24.2 Å². The Morgan fingerprint density at radius 1 is 1.26 bits per heavy atom. The summed E-state index contributed by atoms with van der Waals surface area (Å²) in [6.07, 6.45) is 11.4. The van der Waals surface area contributed by atoms with Gasteiger partial charge in [0.05, 0.1) is 12.7 Å². The van der Waals surface area contributed by atoms with Crippen molar-refractivity contribution in [2.45, 2.75) is 13.0 Å². The van der Waals surface area contributed by atoms with Gasteiger partial charge in [0.1, 0.15) is 0 Å². The lowest BCUT2D eigenvalue weighted by molar-refractivity contribution is 0.0600. The van der Waals surface area contributed by atoms with Gasteiger partial charge < -0.3 is 10.1 Å². The minimum atomic E-state index is -0.306. The number of esters is 1. The SMILES string of the molecule is COC(=O)c1ccc(CNC2=CC=CCC=C2)cc1. The van der Waals surface area contributed by atoms with Crippen LogP contribution in [0.1, 0.15) is 22.3 Å². The lowest BCUT2D eigenvalue weighted by Crippen LogP contribution is -2.11. The monoisotopic (exact) mass is 255 g/mol. The number of rotatable bonds is 4. The maximum atomic E-state index is 11.3. The Labute approximate surface area is 113 Å². The molecule has 0 radical (unpaired) electrons. The number of nitrogens with one attached hydrogen (secondary N) is 1. The standard InChI is InChI=1S/C16H17NO2/c1-19-16(18)14-10-8-13(9-11-14)12-17-15-6-4-2-3-5-7-15/h2,4-11,17H,3,12H2,1H3. The van der Waals surface area contributed by atoms with E-state index >= 15 is 0 Å². The summed E-state index contributed by atoms with van der Waals surface area (Å²) in [5, 5.41) is 3.35. The highest BCUT2D eigenvalue weighted by atomic mass is 16.5. The molecule has 0 spiro atoms.